The van der Waals surface area contributed by atoms with Gasteiger partial charge in [-0.25, -0.2) is 9.97 Å². The molecule has 0 amide bonds. The van der Waals surface area contributed by atoms with Gasteiger partial charge in [0.15, 0.2) is 0 Å². The second-order valence-corrected chi connectivity index (χ2v) is 8.22. The Morgan fingerprint density at radius 3 is 1.34 bits per heavy atom. The highest BCUT2D eigenvalue weighted by Crippen LogP contribution is 2.16. The summed E-state index contributed by atoms with van der Waals surface area (Å²) < 4.78 is 0. The van der Waals surface area contributed by atoms with E-state index in [4.69, 9.17) is 0 Å². The lowest BCUT2D eigenvalue weighted by atomic mass is 10.2. The van der Waals surface area contributed by atoms with Crippen LogP contribution in [0, 0.1) is 0 Å². The summed E-state index contributed by atoms with van der Waals surface area (Å²) in [7, 11) is 0. The topological polar surface area (TPSA) is 57.4 Å². The summed E-state index contributed by atoms with van der Waals surface area (Å²) in [6.45, 7) is 8.42. The Morgan fingerprint density at radius 1 is 0.625 bits per heavy atom. The molecule has 164 valence electrons. The summed E-state index contributed by atoms with van der Waals surface area (Å²) in [5, 5.41) is 0. The molecule has 0 bridgehead atoms. The summed E-state index contributed by atoms with van der Waals surface area (Å²) in [4.78, 5) is 15.4. The Bertz CT molecular complexity index is 1050. The van der Waals surface area contributed by atoms with E-state index < -0.39 is 0 Å². The van der Waals surface area contributed by atoms with E-state index in [0.29, 0.717) is 0 Å². The minimum absolute atomic E-state index is 0.919. The number of imidazole rings is 2. The molecule has 0 atom stereocenters. The molecular weight excluding hydrogens is 392 g/mol. The molecule has 0 fully saturated rings. The zero-order chi connectivity index (χ0) is 22.8. The van der Waals surface area contributed by atoms with E-state index in [9.17, 15) is 0 Å². The van der Waals surface area contributed by atoms with Crippen molar-refractivity contribution >= 4 is 0 Å². The fraction of sp³-hybridized carbons (Fsp3) is 0.214. The van der Waals surface area contributed by atoms with E-state index in [1.807, 2.05) is 48.8 Å². The first kappa shape index (κ1) is 23.0. The maximum Gasteiger partial charge on any atom is 0.137 e. The number of rotatable bonds is 6. The molecule has 0 radical (unpaired) electrons. The first-order valence-electron chi connectivity index (χ1n) is 11.0. The van der Waals surface area contributed by atoms with Gasteiger partial charge in [0.05, 0.1) is 0 Å². The predicted octanol–water partition coefficient (Wildman–Crippen LogP) is 7.17. The number of aromatic amines is 2. The van der Waals surface area contributed by atoms with Gasteiger partial charge in [0.25, 0.3) is 0 Å². The molecule has 2 N–H and O–H groups in total. The lowest BCUT2D eigenvalue weighted by molar-refractivity contribution is 1.13. The van der Waals surface area contributed by atoms with Crippen molar-refractivity contribution in [2.24, 2.45) is 0 Å². The molecule has 0 unspecified atom stereocenters. The zero-order valence-corrected chi connectivity index (χ0v) is 19.4. The molecule has 0 saturated heterocycles. The van der Waals surface area contributed by atoms with Crippen LogP contribution in [0.25, 0.3) is 22.8 Å². The normalized spacial score (nSPS) is 10.1. The minimum atomic E-state index is 0.919. The van der Waals surface area contributed by atoms with Gasteiger partial charge in [0.1, 0.15) is 11.6 Å². The summed E-state index contributed by atoms with van der Waals surface area (Å²) in [5.41, 5.74) is 7.23. The maximum absolute atomic E-state index is 4.38. The monoisotopic (exact) mass is 424 g/mol. The van der Waals surface area contributed by atoms with Crippen LogP contribution in [0.4, 0.5) is 0 Å². The number of hydrogen-bond donors (Lipinski definition) is 2. The van der Waals surface area contributed by atoms with Crippen LogP contribution in [-0.4, -0.2) is 19.9 Å². The number of allylic oxidation sites excluding steroid dienone is 4. The van der Waals surface area contributed by atoms with E-state index in [-0.39, 0.29) is 0 Å². The SMILES string of the molecule is CC(C)=CCc1cnc(-c2ccccc2)[nH]1.CC(C)=CCc1cnc(-c2ccccc2)[nH]1. The van der Waals surface area contributed by atoms with Crippen LogP contribution < -0.4 is 0 Å². The smallest absolute Gasteiger partial charge is 0.137 e. The van der Waals surface area contributed by atoms with E-state index >= 15 is 0 Å². The molecule has 4 aromatic rings. The van der Waals surface area contributed by atoms with Crippen molar-refractivity contribution in [2.45, 2.75) is 40.5 Å². The largest absolute Gasteiger partial charge is 0.342 e. The maximum atomic E-state index is 4.38. The third kappa shape index (κ3) is 7.24. The quantitative estimate of drug-likeness (QED) is 0.322. The van der Waals surface area contributed by atoms with Gasteiger partial charge in [-0.2, -0.15) is 0 Å². The third-order valence-corrected chi connectivity index (χ3v) is 4.81. The standard InChI is InChI=1S/2C14H16N2/c2*1-11(2)8-9-13-10-15-14(16-13)12-6-4-3-5-7-12/h2*3-8,10H,9H2,1-2H3,(H,15,16). The van der Waals surface area contributed by atoms with Crippen LogP contribution in [0.2, 0.25) is 0 Å². The Morgan fingerprint density at radius 2 is 1.00 bits per heavy atom. The third-order valence-electron chi connectivity index (χ3n) is 4.81. The predicted molar refractivity (Wildman–Crippen MR) is 134 cm³/mol. The first-order valence-corrected chi connectivity index (χ1v) is 11.0. The van der Waals surface area contributed by atoms with Gasteiger partial charge in [0, 0.05) is 47.8 Å². The molecule has 2 heterocycles. The van der Waals surface area contributed by atoms with Crippen LogP contribution in [0.15, 0.2) is 96.4 Å². The number of hydrogen-bond acceptors (Lipinski definition) is 2. The second-order valence-electron chi connectivity index (χ2n) is 8.22. The molecule has 32 heavy (non-hydrogen) atoms. The van der Waals surface area contributed by atoms with Gasteiger partial charge < -0.3 is 9.97 Å². The van der Waals surface area contributed by atoms with Crippen LogP contribution in [0.5, 0.6) is 0 Å². The minimum Gasteiger partial charge on any atom is -0.342 e. The van der Waals surface area contributed by atoms with Crippen molar-refractivity contribution in [1.82, 2.24) is 19.9 Å². The van der Waals surface area contributed by atoms with E-state index in [2.05, 4.69) is 84.0 Å². The molecule has 0 aliphatic heterocycles. The summed E-state index contributed by atoms with van der Waals surface area (Å²) >= 11 is 0. The molecule has 0 aliphatic rings. The van der Waals surface area contributed by atoms with E-state index in [0.717, 1.165) is 47.0 Å². The van der Waals surface area contributed by atoms with Gasteiger partial charge in [-0.15, -0.1) is 0 Å². The lowest BCUT2D eigenvalue weighted by Crippen LogP contribution is -1.83. The number of benzene rings is 2. The second kappa shape index (κ2) is 11.7. The lowest BCUT2D eigenvalue weighted by Gasteiger charge is -1.95. The van der Waals surface area contributed by atoms with Crippen molar-refractivity contribution in [3.05, 3.63) is 108 Å². The summed E-state index contributed by atoms with van der Waals surface area (Å²) in [5.74, 6) is 1.88. The highest BCUT2D eigenvalue weighted by atomic mass is 14.9. The van der Waals surface area contributed by atoms with Gasteiger partial charge in [-0.1, -0.05) is 84.0 Å². The van der Waals surface area contributed by atoms with Crippen LogP contribution in [-0.2, 0) is 12.8 Å². The number of H-pyrrole nitrogens is 2. The molecule has 4 heteroatoms. The zero-order valence-electron chi connectivity index (χ0n) is 19.4. The number of nitrogens with one attached hydrogen (secondary N) is 2. The van der Waals surface area contributed by atoms with Crippen molar-refractivity contribution in [2.75, 3.05) is 0 Å². The summed E-state index contributed by atoms with van der Waals surface area (Å²) in [6, 6.07) is 20.3. The fourth-order valence-electron chi connectivity index (χ4n) is 3.04. The van der Waals surface area contributed by atoms with E-state index in [1.165, 1.54) is 11.1 Å². The van der Waals surface area contributed by atoms with Crippen molar-refractivity contribution < 1.29 is 0 Å². The summed E-state index contributed by atoms with van der Waals surface area (Å²) in [6.07, 6.45) is 10.0. The molecule has 2 aromatic heterocycles. The highest BCUT2D eigenvalue weighted by molar-refractivity contribution is 5.55. The van der Waals surface area contributed by atoms with Crippen LogP contribution >= 0.6 is 0 Å². The molecular formula is C28H32N4. The Hall–Kier alpha value is -3.66. The Kier molecular flexibility index (Phi) is 8.38. The average Bonchev–Trinajstić information content (AvgIpc) is 3.48. The van der Waals surface area contributed by atoms with Crippen molar-refractivity contribution in [3.8, 4) is 22.8 Å². The molecule has 4 rings (SSSR count). The number of aromatic nitrogens is 4. The average molecular weight is 425 g/mol. The number of nitrogens with zero attached hydrogens (tertiary/aromatic N) is 2. The molecule has 2 aromatic carbocycles. The van der Waals surface area contributed by atoms with Crippen LogP contribution in [0.3, 0.4) is 0 Å². The van der Waals surface area contributed by atoms with Gasteiger partial charge in [0.2, 0.25) is 0 Å². The Balaban J connectivity index is 0.000000181. The highest BCUT2D eigenvalue weighted by Gasteiger charge is 2.02. The Labute approximate surface area is 191 Å². The molecule has 0 saturated carbocycles. The van der Waals surface area contributed by atoms with Crippen molar-refractivity contribution in [3.63, 3.8) is 0 Å². The van der Waals surface area contributed by atoms with Crippen molar-refractivity contribution in [1.29, 1.82) is 0 Å². The molecule has 4 nitrogen and oxygen atoms in total. The van der Waals surface area contributed by atoms with E-state index in [1.54, 1.807) is 0 Å². The molecule has 0 spiro atoms. The first-order chi connectivity index (χ1) is 15.5. The van der Waals surface area contributed by atoms with Gasteiger partial charge >= 0.3 is 0 Å². The van der Waals surface area contributed by atoms with Gasteiger partial charge in [-0.05, 0) is 27.7 Å². The van der Waals surface area contributed by atoms with Crippen LogP contribution in [0.1, 0.15) is 39.1 Å². The van der Waals surface area contributed by atoms with Gasteiger partial charge in [-0.3, -0.25) is 0 Å². The fourth-order valence-corrected chi connectivity index (χ4v) is 3.04. The molecule has 0 aliphatic carbocycles.